The van der Waals surface area contributed by atoms with E-state index in [1.165, 1.54) is 42.6 Å². The Balaban J connectivity index is 2.19. The Labute approximate surface area is 164 Å². The van der Waals surface area contributed by atoms with Gasteiger partial charge in [-0.3, -0.25) is 14.9 Å². The zero-order valence-electron chi connectivity index (χ0n) is 14.6. The highest BCUT2D eigenvalue weighted by Gasteiger charge is 2.16. The molecule has 0 radical (unpaired) electrons. The molecule has 2 aromatic carbocycles. The molecule has 0 saturated carbocycles. The molecule has 0 aromatic heterocycles. The van der Waals surface area contributed by atoms with Crippen LogP contribution < -0.4 is 10.6 Å². The molecule has 0 heterocycles. The topological polar surface area (TPSA) is 111 Å². The second-order valence-corrected chi connectivity index (χ2v) is 5.72. The Morgan fingerprint density at radius 3 is 2.50 bits per heavy atom. The van der Waals surface area contributed by atoms with Crippen molar-refractivity contribution in [2.24, 2.45) is 0 Å². The quantitative estimate of drug-likeness (QED) is 0.314. The number of rotatable bonds is 7. The van der Waals surface area contributed by atoms with Gasteiger partial charge in [0.05, 0.1) is 16.6 Å². The maximum atomic E-state index is 13.2. The van der Waals surface area contributed by atoms with Gasteiger partial charge in [0.15, 0.2) is 0 Å². The summed E-state index contributed by atoms with van der Waals surface area (Å²) >= 11 is 5.70. The van der Waals surface area contributed by atoms with Gasteiger partial charge in [0.25, 0.3) is 11.6 Å². The van der Waals surface area contributed by atoms with Gasteiger partial charge < -0.3 is 15.4 Å². The maximum absolute atomic E-state index is 13.2. The number of halogens is 2. The van der Waals surface area contributed by atoms with Crippen molar-refractivity contribution in [2.45, 2.75) is 6.92 Å². The van der Waals surface area contributed by atoms with Gasteiger partial charge in [-0.25, -0.2) is 9.18 Å². The van der Waals surface area contributed by atoms with Crippen LogP contribution in [-0.2, 0) is 9.53 Å². The van der Waals surface area contributed by atoms with Crippen LogP contribution in [0.5, 0.6) is 0 Å². The molecule has 8 nitrogen and oxygen atoms in total. The number of non-ortho nitro benzene ring substituents is 1. The van der Waals surface area contributed by atoms with Crippen LogP contribution in [0.15, 0.2) is 54.4 Å². The molecular weight excluding hydrogens is 393 g/mol. The summed E-state index contributed by atoms with van der Waals surface area (Å²) in [6, 6.07) is 8.67. The average molecular weight is 408 g/mol. The van der Waals surface area contributed by atoms with Gasteiger partial charge in [0.1, 0.15) is 11.5 Å². The van der Waals surface area contributed by atoms with Crippen LogP contribution in [0.25, 0.3) is 0 Å². The van der Waals surface area contributed by atoms with E-state index in [1.807, 2.05) is 0 Å². The molecule has 146 valence electrons. The van der Waals surface area contributed by atoms with Crippen LogP contribution in [0.4, 0.5) is 15.8 Å². The van der Waals surface area contributed by atoms with Crippen LogP contribution in [0, 0.1) is 15.9 Å². The summed E-state index contributed by atoms with van der Waals surface area (Å²) in [5.74, 6) is -2.08. The van der Waals surface area contributed by atoms with Crippen molar-refractivity contribution in [3.63, 3.8) is 0 Å². The number of anilines is 1. The Hall–Kier alpha value is -3.46. The fraction of sp³-hybridized carbons (Fsp3) is 0.111. The Bertz CT molecular complexity index is 931. The molecule has 0 atom stereocenters. The summed E-state index contributed by atoms with van der Waals surface area (Å²) < 4.78 is 18.1. The third kappa shape index (κ3) is 5.52. The molecule has 0 spiro atoms. The molecule has 2 N–H and O–H groups in total. The van der Waals surface area contributed by atoms with E-state index in [9.17, 15) is 24.1 Å². The second-order valence-electron chi connectivity index (χ2n) is 5.31. The molecule has 0 bridgehead atoms. The summed E-state index contributed by atoms with van der Waals surface area (Å²) in [4.78, 5) is 34.5. The molecule has 2 aromatic rings. The van der Waals surface area contributed by atoms with Gasteiger partial charge >= 0.3 is 5.97 Å². The average Bonchev–Trinajstić information content (AvgIpc) is 2.67. The van der Waals surface area contributed by atoms with E-state index < -0.39 is 22.6 Å². The zero-order chi connectivity index (χ0) is 20.7. The molecule has 0 fully saturated rings. The third-order valence-corrected chi connectivity index (χ3v) is 3.68. The van der Waals surface area contributed by atoms with E-state index in [0.717, 1.165) is 6.07 Å². The predicted octanol–water partition coefficient (Wildman–Crippen LogP) is 3.63. The number of nitro benzene ring substituents is 1. The minimum Gasteiger partial charge on any atom is -0.461 e. The first kappa shape index (κ1) is 20.8. The van der Waals surface area contributed by atoms with E-state index in [-0.39, 0.29) is 28.6 Å². The third-order valence-electron chi connectivity index (χ3n) is 3.39. The molecule has 10 heteroatoms. The highest BCUT2D eigenvalue weighted by Crippen LogP contribution is 2.19. The zero-order valence-corrected chi connectivity index (χ0v) is 15.3. The number of carbonyl (C=O) groups is 2. The molecule has 2 rings (SSSR count). The number of benzene rings is 2. The molecule has 0 aliphatic rings. The first-order valence-electron chi connectivity index (χ1n) is 7.96. The van der Waals surface area contributed by atoms with Gasteiger partial charge in [-0.1, -0.05) is 11.6 Å². The number of hydrogen-bond acceptors (Lipinski definition) is 6. The lowest BCUT2D eigenvalue weighted by Gasteiger charge is -2.10. The fourth-order valence-corrected chi connectivity index (χ4v) is 2.21. The van der Waals surface area contributed by atoms with Crippen molar-refractivity contribution >= 4 is 34.9 Å². The molecular formula is C18H15ClFN3O5. The van der Waals surface area contributed by atoms with E-state index in [0.29, 0.717) is 5.69 Å². The van der Waals surface area contributed by atoms with E-state index in [4.69, 9.17) is 16.3 Å². The number of ether oxygens (including phenoxy) is 1. The Kier molecular flexibility index (Phi) is 7.05. The smallest absolute Gasteiger partial charge is 0.356 e. The van der Waals surface area contributed by atoms with Gasteiger partial charge in [-0.05, 0) is 37.3 Å². The van der Waals surface area contributed by atoms with Crippen molar-refractivity contribution in [1.82, 2.24) is 5.32 Å². The number of nitrogens with one attached hydrogen (secondary N) is 2. The summed E-state index contributed by atoms with van der Waals surface area (Å²) in [5, 5.41) is 15.6. The monoisotopic (exact) mass is 407 g/mol. The highest BCUT2D eigenvalue weighted by atomic mass is 35.5. The Morgan fingerprint density at radius 2 is 1.93 bits per heavy atom. The lowest BCUT2D eigenvalue weighted by atomic mass is 10.2. The van der Waals surface area contributed by atoms with Crippen molar-refractivity contribution in [1.29, 1.82) is 0 Å². The number of carbonyl (C=O) groups excluding carboxylic acids is 2. The van der Waals surface area contributed by atoms with Crippen LogP contribution in [0.2, 0.25) is 5.02 Å². The van der Waals surface area contributed by atoms with Crippen molar-refractivity contribution in [3.8, 4) is 0 Å². The number of nitro groups is 1. The Morgan fingerprint density at radius 1 is 1.25 bits per heavy atom. The number of esters is 1. The minimum absolute atomic E-state index is 0.0753. The highest BCUT2D eigenvalue weighted by molar-refractivity contribution is 6.31. The molecule has 0 saturated heterocycles. The standard InChI is InChI=1S/C18H15ClFN3O5/c1-2-28-18(25)16(10-21-12-5-8-15(20)14(19)9-12)22-17(24)11-3-6-13(7-4-11)23(26)27/h3-10,21H,2H2,1H3,(H,22,24)/b16-10-. The number of hydrogen-bond donors (Lipinski definition) is 2. The second kappa shape index (κ2) is 9.47. The van der Waals surface area contributed by atoms with Crippen LogP contribution in [0.3, 0.4) is 0 Å². The molecule has 0 aliphatic heterocycles. The van der Waals surface area contributed by atoms with E-state index in [1.54, 1.807) is 6.92 Å². The largest absolute Gasteiger partial charge is 0.461 e. The number of nitrogens with zero attached hydrogens (tertiary/aromatic N) is 1. The lowest BCUT2D eigenvalue weighted by Crippen LogP contribution is -2.29. The summed E-state index contributed by atoms with van der Waals surface area (Å²) in [6.07, 6.45) is 1.17. The number of amides is 1. The molecule has 0 aliphatic carbocycles. The summed E-state index contributed by atoms with van der Waals surface area (Å²) in [7, 11) is 0. The van der Waals surface area contributed by atoms with Crippen LogP contribution in [-0.4, -0.2) is 23.4 Å². The van der Waals surface area contributed by atoms with E-state index in [2.05, 4.69) is 10.6 Å². The van der Waals surface area contributed by atoms with E-state index >= 15 is 0 Å². The maximum Gasteiger partial charge on any atom is 0.356 e. The SMILES string of the molecule is CCOC(=O)/C(=C/Nc1ccc(F)c(Cl)c1)NC(=O)c1ccc([N+](=O)[O-])cc1. The van der Waals surface area contributed by atoms with Crippen molar-refractivity contribution in [2.75, 3.05) is 11.9 Å². The van der Waals surface area contributed by atoms with Crippen LogP contribution in [0.1, 0.15) is 17.3 Å². The van der Waals surface area contributed by atoms with Crippen LogP contribution >= 0.6 is 11.6 Å². The van der Waals surface area contributed by atoms with Gasteiger partial charge in [-0.15, -0.1) is 0 Å². The fourth-order valence-electron chi connectivity index (χ4n) is 2.03. The normalized spacial score (nSPS) is 10.9. The first-order chi connectivity index (χ1) is 13.3. The minimum atomic E-state index is -0.807. The summed E-state index contributed by atoms with van der Waals surface area (Å²) in [6.45, 7) is 1.67. The van der Waals surface area contributed by atoms with Crippen molar-refractivity contribution < 1.29 is 23.6 Å². The molecule has 1 amide bonds. The molecule has 0 unspecified atom stereocenters. The lowest BCUT2D eigenvalue weighted by molar-refractivity contribution is -0.384. The molecule has 28 heavy (non-hydrogen) atoms. The van der Waals surface area contributed by atoms with Gasteiger partial charge in [0.2, 0.25) is 0 Å². The van der Waals surface area contributed by atoms with Gasteiger partial charge in [-0.2, -0.15) is 0 Å². The predicted molar refractivity (Wildman–Crippen MR) is 100 cm³/mol. The summed E-state index contributed by atoms with van der Waals surface area (Å²) in [5.41, 5.74) is 0.0848. The van der Waals surface area contributed by atoms with Crippen molar-refractivity contribution in [3.05, 3.63) is 80.9 Å². The van der Waals surface area contributed by atoms with Gasteiger partial charge in [0, 0.05) is 29.6 Å². The first-order valence-corrected chi connectivity index (χ1v) is 8.34.